The molecule has 2 rings (SSSR count). The third-order valence-corrected chi connectivity index (χ3v) is 2.58. The van der Waals surface area contributed by atoms with Crippen LogP contribution in [0.5, 0.6) is 11.5 Å². The highest BCUT2D eigenvalue weighted by Gasteiger charge is 2.14. The highest BCUT2D eigenvalue weighted by molar-refractivity contribution is 5.96. The van der Waals surface area contributed by atoms with Gasteiger partial charge >= 0.3 is 5.97 Å². The third kappa shape index (κ3) is 2.95. The highest BCUT2D eigenvalue weighted by atomic mass is 16.5. The van der Waals surface area contributed by atoms with Gasteiger partial charge in [-0.05, 0) is 29.8 Å². The van der Waals surface area contributed by atoms with Crippen molar-refractivity contribution >= 4 is 11.7 Å². The zero-order valence-electron chi connectivity index (χ0n) is 10.0. The summed E-state index contributed by atoms with van der Waals surface area (Å²) >= 11 is 0. The number of aromatic carboxylic acids is 1. The minimum atomic E-state index is -1.14. The lowest BCUT2D eigenvalue weighted by molar-refractivity contribution is 0.0693. The predicted octanol–water partition coefficient (Wildman–Crippen LogP) is 2.25. The van der Waals surface area contributed by atoms with Gasteiger partial charge in [0.1, 0.15) is 23.7 Å². The van der Waals surface area contributed by atoms with Crippen molar-refractivity contribution in [3.8, 4) is 11.5 Å². The molecule has 0 bridgehead atoms. The minimum Gasteiger partial charge on any atom is -0.508 e. The first-order chi connectivity index (χ1) is 9.08. The molecule has 0 amide bonds. The van der Waals surface area contributed by atoms with Crippen LogP contribution in [0.1, 0.15) is 15.9 Å². The van der Waals surface area contributed by atoms with Crippen LogP contribution in [0, 0.1) is 0 Å². The van der Waals surface area contributed by atoms with Gasteiger partial charge in [0.25, 0.3) is 0 Å². The summed E-state index contributed by atoms with van der Waals surface area (Å²) in [6.07, 6.45) is 0. The molecule has 19 heavy (non-hydrogen) atoms. The van der Waals surface area contributed by atoms with Gasteiger partial charge < -0.3 is 20.7 Å². The molecule has 2 aromatic carbocycles. The van der Waals surface area contributed by atoms with Crippen molar-refractivity contribution in [1.82, 2.24) is 0 Å². The molecule has 0 aliphatic heterocycles. The second-order valence-corrected chi connectivity index (χ2v) is 3.98. The first-order valence-electron chi connectivity index (χ1n) is 5.60. The van der Waals surface area contributed by atoms with Crippen LogP contribution in [0.2, 0.25) is 0 Å². The Morgan fingerprint density at radius 1 is 1.21 bits per heavy atom. The van der Waals surface area contributed by atoms with E-state index in [0.29, 0.717) is 0 Å². The van der Waals surface area contributed by atoms with Gasteiger partial charge in [0.2, 0.25) is 0 Å². The molecule has 0 heterocycles. The van der Waals surface area contributed by atoms with Gasteiger partial charge in [-0.1, -0.05) is 18.2 Å². The van der Waals surface area contributed by atoms with Gasteiger partial charge in [-0.15, -0.1) is 0 Å². The van der Waals surface area contributed by atoms with Crippen LogP contribution in [0.4, 0.5) is 5.69 Å². The summed E-state index contributed by atoms with van der Waals surface area (Å²) in [4.78, 5) is 11.1. The van der Waals surface area contributed by atoms with Crippen molar-refractivity contribution in [2.45, 2.75) is 6.61 Å². The topological polar surface area (TPSA) is 92.8 Å². The molecule has 0 aromatic heterocycles. The van der Waals surface area contributed by atoms with Crippen LogP contribution in [0.25, 0.3) is 0 Å². The fraction of sp³-hybridized carbons (Fsp3) is 0.0714. The van der Waals surface area contributed by atoms with E-state index >= 15 is 0 Å². The number of carboxylic acids is 1. The van der Waals surface area contributed by atoms with Crippen LogP contribution < -0.4 is 10.5 Å². The van der Waals surface area contributed by atoms with Crippen molar-refractivity contribution in [3.63, 3.8) is 0 Å². The Balaban J connectivity index is 2.20. The Hall–Kier alpha value is -2.69. The Bertz CT molecular complexity index is 610. The normalized spacial score (nSPS) is 10.1. The molecular weight excluding hydrogens is 246 g/mol. The van der Waals surface area contributed by atoms with E-state index in [1.807, 2.05) is 0 Å². The van der Waals surface area contributed by atoms with Crippen LogP contribution in [-0.2, 0) is 6.61 Å². The Kier molecular flexibility index (Phi) is 3.56. The molecule has 0 atom stereocenters. The lowest BCUT2D eigenvalue weighted by atomic mass is 10.1. The van der Waals surface area contributed by atoms with E-state index in [9.17, 15) is 9.90 Å². The number of anilines is 1. The maximum atomic E-state index is 11.1. The van der Waals surface area contributed by atoms with Gasteiger partial charge in [0.15, 0.2) is 0 Å². The van der Waals surface area contributed by atoms with E-state index in [1.54, 1.807) is 36.4 Å². The number of benzene rings is 2. The predicted molar refractivity (Wildman–Crippen MR) is 70.3 cm³/mol. The van der Waals surface area contributed by atoms with Crippen LogP contribution in [-0.4, -0.2) is 16.2 Å². The smallest absolute Gasteiger partial charge is 0.341 e. The summed E-state index contributed by atoms with van der Waals surface area (Å²) in [5.74, 6) is -0.799. The fourth-order valence-electron chi connectivity index (χ4n) is 1.70. The van der Waals surface area contributed by atoms with Crippen molar-refractivity contribution in [2.24, 2.45) is 0 Å². The van der Waals surface area contributed by atoms with Gasteiger partial charge in [0, 0.05) is 5.69 Å². The number of nitrogen functional groups attached to an aromatic ring is 1. The number of carbonyl (C=O) groups is 1. The first kappa shape index (κ1) is 12.8. The molecule has 2 aromatic rings. The lowest BCUT2D eigenvalue weighted by Crippen LogP contribution is -2.06. The zero-order chi connectivity index (χ0) is 13.8. The summed E-state index contributed by atoms with van der Waals surface area (Å²) < 4.78 is 5.45. The molecule has 0 saturated carbocycles. The highest BCUT2D eigenvalue weighted by Crippen LogP contribution is 2.25. The van der Waals surface area contributed by atoms with Crippen molar-refractivity contribution in [2.75, 3.05) is 5.73 Å². The van der Waals surface area contributed by atoms with Crippen LogP contribution in [0.15, 0.2) is 42.5 Å². The van der Waals surface area contributed by atoms with E-state index in [1.165, 1.54) is 6.07 Å². The summed E-state index contributed by atoms with van der Waals surface area (Å²) in [5, 5.41) is 18.4. The standard InChI is InChI=1S/C14H13NO4/c15-11-5-2-6-12(13(11)14(17)18)19-8-9-3-1-4-10(16)7-9/h1-7,16H,8,15H2,(H,17,18). The van der Waals surface area contributed by atoms with Crippen molar-refractivity contribution in [3.05, 3.63) is 53.6 Å². The second kappa shape index (κ2) is 5.30. The van der Waals surface area contributed by atoms with E-state index in [0.717, 1.165) is 5.56 Å². The molecule has 0 saturated heterocycles. The summed E-state index contributed by atoms with van der Waals surface area (Å²) in [7, 11) is 0. The molecule has 4 N–H and O–H groups in total. The van der Waals surface area contributed by atoms with Gasteiger partial charge in [-0.3, -0.25) is 0 Å². The minimum absolute atomic E-state index is 0.0531. The molecule has 5 heteroatoms. The number of phenols is 1. The molecule has 0 fully saturated rings. The quantitative estimate of drug-likeness (QED) is 0.732. The van der Waals surface area contributed by atoms with Gasteiger partial charge in [-0.25, -0.2) is 4.79 Å². The SMILES string of the molecule is Nc1cccc(OCc2cccc(O)c2)c1C(=O)O. The summed E-state index contributed by atoms with van der Waals surface area (Å²) in [6.45, 7) is 0.151. The molecule has 98 valence electrons. The first-order valence-corrected chi connectivity index (χ1v) is 5.60. The number of carboxylic acid groups (broad SMARTS) is 1. The maximum absolute atomic E-state index is 11.1. The molecule has 0 aliphatic carbocycles. The number of hydrogen-bond acceptors (Lipinski definition) is 4. The van der Waals surface area contributed by atoms with E-state index in [-0.39, 0.29) is 29.4 Å². The molecule has 0 aliphatic rings. The second-order valence-electron chi connectivity index (χ2n) is 3.98. The van der Waals surface area contributed by atoms with E-state index in [4.69, 9.17) is 15.6 Å². The van der Waals surface area contributed by atoms with Crippen LogP contribution >= 0.6 is 0 Å². The fourth-order valence-corrected chi connectivity index (χ4v) is 1.70. The van der Waals surface area contributed by atoms with Crippen molar-refractivity contribution in [1.29, 1.82) is 0 Å². The average Bonchev–Trinajstić information content (AvgIpc) is 2.36. The van der Waals surface area contributed by atoms with Crippen LogP contribution in [0.3, 0.4) is 0 Å². The largest absolute Gasteiger partial charge is 0.508 e. The molecule has 5 nitrogen and oxygen atoms in total. The van der Waals surface area contributed by atoms with Gasteiger partial charge in [0.05, 0.1) is 0 Å². The number of nitrogens with two attached hydrogens (primary N) is 1. The third-order valence-electron chi connectivity index (χ3n) is 2.58. The van der Waals surface area contributed by atoms with Gasteiger partial charge in [-0.2, -0.15) is 0 Å². The maximum Gasteiger partial charge on any atom is 0.341 e. The number of rotatable bonds is 4. The molecule has 0 radical (unpaired) electrons. The lowest BCUT2D eigenvalue weighted by Gasteiger charge is -2.11. The number of phenolic OH excluding ortho intramolecular Hbond substituents is 1. The molecular formula is C14H13NO4. The molecule has 0 unspecified atom stereocenters. The Morgan fingerprint density at radius 3 is 2.63 bits per heavy atom. The Labute approximate surface area is 109 Å². The van der Waals surface area contributed by atoms with Crippen molar-refractivity contribution < 1.29 is 19.7 Å². The average molecular weight is 259 g/mol. The summed E-state index contributed by atoms with van der Waals surface area (Å²) in [6, 6.07) is 11.2. The van der Waals surface area contributed by atoms with E-state index < -0.39 is 5.97 Å². The van der Waals surface area contributed by atoms with E-state index in [2.05, 4.69) is 0 Å². The number of hydrogen-bond donors (Lipinski definition) is 3. The number of aromatic hydroxyl groups is 1. The summed E-state index contributed by atoms with van der Waals surface area (Å²) in [5.41, 5.74) is 6.45. The number of ether oxygens (including phenoxy) is 1. The Morgan fingerprint density at radius 2 is 1.95 bits per heavy atom. The molecule has 0 spiro atoms. The monoisotopic (exact) mass is 259 g/mol. The zero-order valence-corrected chi connectivity index (χ0v) is 10.0.